The Balaban J connectivity index is -0.000000101. The molecule has 0 heterocycles. The van der Waals surface area contributed by atoms with Crippen molar-refractivity contribution >= 4 is 5.91 Å². The predicted octanol–water partition coefficient (Wildman–Crippen LogP) is -0.0251. The summed E-state index contributed by atoms with van der Waals surface area (Å²) in [6.07, 6.45) is 3.62. The summed E-state index contributed by atoms with van der Waals surface area (Å²) in [6.45, 7) is 8.31. The van der Waals surface area contributed by atoms with Crippen molar-refractivity contribution in [1.82, 2.24) is 4.90 Å². The van der Waals surface area contributed by atoms with E-state index in [1.807, 2.05) is 0 Å². The van der Waals surface area contributed by atoms with Gasteiger partial charge in [-0.25, -0.2) is 0 Å². The zero-order chi connectivity index (χ0) is 9.40. The van der Waals surface area contributed by atoms with Gasteiger partial charge in [-0.05, 0) is 0 Å². The van der Waals surface area contributed by atoms with E-state index in [0.717, 1.165) is 0 Å². The van der Waals surface area contributed by atoms with Crippen molar-refractivity contribution in [3.8, 4) is 0 Å². The summed E-state index contributed by atoms with van der Waals surface area (Å²) in [7, 11) is 0. The minimum atomic E-state index is -0.00944. The summed E-state index contributed by atoms with van der Waals surface area (Å²) in [5, 5.41) is 0. The third-order valence-corrected chi connectivity index (χ3v) is 1.39. The van der Waals surface area contributed by atoms with Gasteiger partial charge < -0.3 is 21.6 Å². The van der Waals surface area contributed by atoms with Crippen molar-refractivity contribution in [2.24, 2.45) is 0 Å². The molecule has 90 valence electrons. The molecule has 0 aliphatic heterocycles. The van der Waals surface area contributed by atoms with E-state index in [1.165, 1.54) is 0 Å². The van der Waals surface area contributed by atoms with Gasteiger partial charge in [0.1, 0.15) is 0 Å². The van der Waals surface area contributed by atoms with Gasteiger partial charge in [-0.2, -0.15) is 0 Å². The van der Waals surface area contributed by atoms with E-state index in [0.29, 0.717) is 13.1 Å². The molecule has 1 amide bonds. The average molecular weight is 381 g/mol. The average Bonchev–Trinajstić information content (AvgIpc) is 2.04. The van der Waals surface area contributed by atoms with Crippen LogP contribution in [0.1, 0.15) is 6.42 Å². The van der Waals surface area contributed by atoms with Gasteiger partial charge in [-0.15, -0.1) is 19.7 Å². The Morgan fingerprint density at radius 1 is 1.12 bits per heavy atom. The number of rotatable bonds is 6. The molecule has 5 nitrogen and oxygen atoms in total. The van der Waals surface area contributed by atoms with Crippen LogP contribution < -0.4 is 0 Å². The third-order valence-electron chi connectivity index (χ3n) is 1.39. The topological polar surface area (TPSA) is 107 Å². The second-order valence-corrected chi connectivity index (χ2v) is 2.38. The monoisotopic (exact) mass is 381 g/mol. The van der Waals surface area contributed by atoms with E-state index >= 15 is 0 Å². The van der Waals surface area contributed by atoms with Crippen LogP contribution in [0.3, 0.4) is 0 Å². The Labute approximate surface area is 147 Å². The van der Waals surface area contributed by atoms with Crippen molar-refractivity contribution < 1.29 is 81.2 Å². The van der Waals surface area contributed by atoms with Crippen molar-refractivity contribution in [3.05, 3.63) is 31.0 Å². The molecule has 0 saturated heterocycles. The maximum atomic E-state index is 11.2. The first-order chi connectivity index (χ1) is 5.76. The van der Waals surface area contributed by atoms with Crippen LogP contribution in [0, 0.1) is 0 Å². The number of hydrogen-bond donors (Lipinski definition) is 0. The van der Waals surface area contributed by atoms with E-state index in [9.17, 15) is 4.79 Å². The molecule has 0 aromatic carbocycles. The fraction of sp³-hybridized carbons (Fsp3) is 0.444. The van der Waals surface area contributed by atoms with Crippen LogP contribution in [0.15, 0.2) is 25.3 Å². The van der Waals surface area contributed by atoms with E-state index in [1.54, 1.807) is 17.1 Å². The molecule has 0 unspecified atom stereocenters. The van der Waals surface area contributed by atoms with Gasteiger partial charge in [0.2, 0.25) is 5.91 Å². The third kappa shape index (κ3) is 15.0. The fourth-order valence-electron chi connectivity index (χ4n) is 0.855. The molecule has 0 aliphatic rings. The SMILES string of the molecule is C=CCN(CC=C)C(=O)CC[NH-].O.O.[Y].[Y]. The van der Waals surface area contributed by atoms with Crippen LogP contribution in [0.5, 0.6) is 0 Å². The van der Waals surface area contributed by atoms with Gasteiger partial charge in [0.15, 0.2) is 0 Å². The zero-order valence-electron chi connectivity index (χ0n) is 9.41. The molecule has 2 radical (unpaired) electrons. The molecule has 16 heavy (non-hydrogen) atoms. The van der Waals surface area contributed by atoms with Gasteiger partial charge in [0.05, 0.1) is 0 Å². The van der Waals surface area contributed by atoms with Gasteiger partial charge in [0, 0.05) is 84.9 Å². The molecule has 7 heteroatoms. The summed E-state index contributed by atoms with van der Waals surface area (Å²) in [5.41, 5.74) is 6.89. The molecule has 0 aliphatic carbocycles. The molecule has 0 rings (SSSR count). The molecule has 0 saturated carbocycles. The Hall–Kier alpha value is 1.04. The first-order valence-electron chi connectivity index (χ1n) is 3.90. The zero-order valence-corrected chi connectivity index (χ0v) is 15.1. The summed E-state index contributed by atoms with van der Waals surface area (Å²) < 4.78 is 0. The minimum Gasteiger partial charge on any atom is -0.677 e. The van der Waals surface area contributed by atoms with Crippen LogP contribution in [0.2, 0.25) is 0 Å². The van der Waals surface area contributed by atoms with Gasteiger partial charge in [0.25, 0.3) is 0 Å². The van der Waals surface area contributed by atoms with Crippen LogP contribution >= 0.6 is 0 Å². The summed E-state index contributed by atoms with van der Waals surface area (Å²) in [4.78, 5) is 12.9. The van der Waals surface area contributed by atoms with Crippen LogP contribution in [-0.4, -0.2) is 41.4 Å². The molecule has 0 bridgehead atoms. The molecule has 0 aromatic rings. The number of carbonyl (C=O) groups excluding carboxylic acids is 1. The maximum absolute atomic E-state index is 11.2. The van der Waals surface area contributed by atoms with E-state index in [2.05, 4.69) is 13.2 Å². The smallest absolute Gasteiger partial charge is 0.221 e. The summed E-state index contributed by atoms with van der Waals surface area (Å²) in [5.74, 6) is -0.00944. The van der Waals surface area contributed by atoms with Crippen LogP contribution in [0.4, 0.5) is 0 Å². The first-order valence-corrected chi connectivity index (χ1v) is 3.90. The van der Waals surface area contributed by atoms with Crippen LogP contribution in [-0.2, 0) is 70.2 Å². The van der Waals surface area contributed by atoms with E-state index in [-0.39, 0.29) is 95.2 Å². The van der Waals surface area contributed by atoms with Crippen molar-refractivity contribution in [2.45, 2.75) is 6.42 Å². The van der Waals surface area contributed by atoms with E-state index in [4.69, 9.17) is 5.73 Å². The van der Waals surface area contributed by atoms with Gasteiger partial charge >= 0.3 is 0 Å². The van der Waals surface area contributed by atoms with Crippen LogP contribution in [0.25, 0.3) is 5.73 Å². The van der Waals surface area contributed by atoms with Crippen molar-refractivity contribution in [3.63, 3.8) is 0 Å². The van der Waals surface area contributed by atoms with Gasteiger partial charge in [-0.1, -0.05) is 12.2 Å². The Bertz CT molecular complexity index is 170. The maximum Gasteiger partial charge on any atom is 0.221 e. The second-order valence-electron chi connectivity index (χ2n) is 2.38. The normalized spacial score (nSPS) is 6.81. The standard InChI is InChI=1S/C9H15N2O.2H2O.2Y/c1-3-7-11(8-4-2)9(12)5-6-10;;;;/h3-4,10H,1-2,5-8H2;2*1H2;;/q-1;;;;. The number of amides is 1. The van der Waals surface area contributed by atoms with Crippen molar-refractivity contribution in [1.29, 1.82) is 0 Å². The number of hydrogen-bond acceptors (Lipinski definition) is 1. The first kappa shape index (κ1) is 30.2. The number of nitrogens with one attached hydrogen (secondary N) is 1. The number of nitrogens with zero attached hydrogens (tertiary/aromatic N) is 1. The van der Waals surface area contributed by atoms with Gasteiger partial charge in [-0.3, -0.25) is 4.79 Å². The minimum absolute atomic E-state index is 0. The molecule has 0 spiro atoms. The molecule has 0 atom stereocenters. The quantitative estimate of drug-likeness (QED) is 0.593. The summed E-state index contributed by atoms with van der Waals surface area (Å²) >= 11 is 0. The Kier molecular flexibility index (Phi) is 40.3. The Morgan fingerprint density at radius 2 is 1.50 bits per heavy atom. The molecule has 5 N–H and O–H groups in total. The Morgan fingerprint density at radius 3 is 1.75 bits per heavy atom. The van der Waals surface area contributed by atoms with E-state index < -0.39 is 0 Å². The molecule has 0 aromatic heterocycles. The molecular weight excluding hydrogens is 362 g/mol. The fourth-order valence-corrected chi connectivity index (χ4v) is 0.855. The van der Waals surface area contributed by atoms with Crippen molar-refractivity contribution in [2.75, 3.05) is 19.6 Å². The molecule has 0 fully saturated rings. The summed E-state index contributed by atoms with van der Waals surface area (Å²) in [6, 6.07) is 0. The second kappa shape index (κ2) is 21.3. The largest absolute Gasteiger partial charge is 0.677 e. The predicted molar refractivity (Wildman–Crippen MR) is 58.0 cm³/mol. The molecular formula is C9H19N2O3Y2-. The number of carbonyl (C=O) groups is 1.